The van der Waals surface area contributed by atoms with Gasteiger partial charge in [-0.15, -0.1) is 0 Å². The molecule has 0 aliphatic carbocycles. The van der Waals surface area contributed by atoms with E-state index < -0.39 is 0 Å². The lowest BCUT2D eigenvalue weighted by Gasteiger charge is -2.01. The second-order valence-corrected chi connectivity index (χ2v) is 2.36. The maximum atomic E-state index is 4.27. The Bertz CT molecular complexity index is 120. The van der Waals surface area contributed by atoms with Crippen LogP contribution in [0.2, 0.25) is 0 Å². The van der Waals surface area contributed by atoms with E-state index >= 15 is 0 Å². The van der Waals surface area contributed by atoms with Gasteiger partial charge in [0, 0.05) is 19.5 Å². The van der Waals surface area contributed by atoms with Gasteiger partial charge in [-0.2, -0.15) is 0 Å². The number of hydrogen-bond acceptors (Lipinski definition) is 3. The zero-order valence-corrected chi connectivity index (χ0v) is 6.48. The van der Waals surface area contributed by atoms with Crippen molar-refractivity contribution in [1.29, 1.82) is 0 Å². The summed E-state index contributed by atoms with van der Waals surface area (Å²) in [5, 5.41) is 6.48. The number of nitrogens with one attached hydrogen (secondary N) is 2. The van der Waals surface area contributed by atoms with Crippen molar-refractivity contribution in [3.05, 3.63) is 0 Å². The van der Waals surface area contributed by atoms with E-state index in [-0.39, 0.29) is 0 Å². The molecule has 1 heterocycles. The smallest absolute Gasteiger partial charge is 0.0977 e. The van der Waals surface area contributed by atoms with Crippen LogP contribution in [0.15, 0.2) is 4.99 Å². The molecule has 0 aromatic heterocycles. The minimum Gasteiger partial charge on any atom is -0.372 e. The molecule has 0 fully saturated rings. The van der Waals surface area contributed by atoms with Crippen molar-refractivity contribution >= 4 is 5.84 Å². The van der Waals surface area contributed by atoms with E-state index in [4.69, 9.17) is 0 Å². The third-order valence-electron chi connectivity index (χ3n) is 1.53. The number of rotatable bonds is 4. The van der Waals surface area contributed by atoms with Crippen LogP contribution in [0, 0.1) is 0 Å². The number of amidine groups is 1. The summed E-state index contributed by atoms with van der Waals surface area (Å²) in [6, 6.07) is 0. The molecular formula is C7H15N3. The number of nitrogens with zero attached hydrogens (tertiary/aromatic N) is 1. The van der Waals surface area contributed by atoms with Crippen LogP contribution in [-0.2, 0) is 0 Å². The summed E-state index contributed by atoms with van der Waals surface area (Å²) in [6.45, 7) is 6.20. The van der Waals surface area contributed by atoms with Gasteiger partial charge in [-0.1, -0.05) is 6.92 Å². The first-order chi connectivity index (χ1) is 4.93. The highest BCUT2D eigenvalue weighted by Crippen LogP contribution is 1.88. The van der Waals surface area contributed by atoms with Crippen molar-refractivity contribution < 1.29 is 0 Å². The third-order valence-corrected chi connectivity index (χ3v) is 1.53. The molecule has 0 saturated heterocycles. The fraction of sp³-hybridized carbons (Fsp3) is 0.857. The quantitative estimate of drug-likeness (QED) is 0.540. The number of hydrogen-bond donors (Lipinski definition) is 2. The van der Waals surface area contributed by atoms with Crippen molar-refractivity contribution in [2.24, 2.45) is 4.99 Å². The van der Waals surface area contributed by atoms with Gasteiger partial charge in [0.15, 0.2) is 0 Å². The van der Waals surface area contributed by atoms with Crippen LogP contribution >= 0.6 is 0 Å². The highest BCUT2D eigenvalue weighted by molar-refractivity contribution is 5.83. The zero-order chi connectivity index (χ0) is 7.23. The Morgan fingerprint density at radius 3 is 3.20 bits per heavy atom. The van der Waals surface area contributed by atoms with Crippen LogP contribution in [0.25, 0.3) is 0 Å². The Balaban J connectivity index is 2.01. The van der Waals surface area contributed by atoms with Crippen molar-refractivity contribution in [2.75, 3.05) is 26.2 Å². The Morgan fingerprint density at radius 2 is 2.60 bits per heavy atom. The summed E-state index contributed by atoms with van der Waals surface area (Å²) < 4.78 is 0. The standard InChI is InChI=1S/C7H15N3/c1-2-8-4-3-7-9-5-6-10-7/h8H,2-6H2,1H3,(H,9,10). The Morgan fingerprint density at radius 1 is 1.70 bits per heavy atom. The molecule has 10 heavy (non-hydrogen) atoms. The van der Waals surface area contributed by atoms with Crippen LogP contribution in [0.4, 0.5) is 0 Å². The first-order valence-corrected chi connectivity index (χ1v) is 3.91. The molecule has 0 amide bonds. The highest BCUT2D eigenvalue weighted by Gasteiger charge is 2.02. The van der Waals surface area contributed by atoms with Gasteiger partial charge in [-0.25, -0.2) is 0 Å². The van der Waals surface area contributed by atoms with E-state index in [0.717, 1.165) is 32.6 Å². The van der Waals surface area contributed by atoms with Crippen molar-refractivity contribution in [3.8, 4) is 0 Å². The van der Waals surface area contributed by atoms with Crippen LogP contribution in [0.5, 0.6) is 0 Å². The minimum atomic E-state index is 0.960. The van der Waals surface area contributed by atoms with Gasteiger partial charge in [-0.05, 0) is 6.54 Å². The highest BCUT2D eigenvalue weighted by atomic mass is 15.1. The van der Waals surface area contributed by atoms with Crippen molar-refractivity contribution in [2.45, 2.75) is 13.3 Å². The minimum absolute atomic E-state index is 0.960. The molecule has 1 aliphatic heterocycles. The molecular weight excluding hydrogens is 126 g/mol. The van der Waals surface area contributed by atoms with Gasteiger partial charge in [0.2, 0.25) is 0 Å². The van der Waals surface area contributed by atoms with Gasteiger partial charge < -0.3 is 10.6 Å². The lowest BCUT2D eigenvalue weighted by molar-refractivity contribution is 0.732. The first-order valence-electron chi connectivity index (χ1n) is 3.91. The van der Waals surface area contributed by atoms with Crippen LogP contribution in [-0.4, -0.2) is 32.0 Å². The lowest BCUT2D eigenvalue weighted by Crippen LogP contribution is -2.24. The summed E-state index contributed by atoms with van der Waals surface area (Å²) in [4.78, 5) is 4.27. The van der Waals surface area contributed by atoms with Gasteiger partial charge in [0.05, 0.1) is 12.4 Å². The lowest BCUT2D eigenvalue weighted by atomic mass is 10.4. The molecule has 1 aliphatic rings. The Hall–Kier alpha value is -0.570. The average Bonchev–Trinajstić information content (AvgIpc) is 2.41. The van der Waals surface area contributed by atoms with Crippen LogP contribution in [0.3, 0.4) is 0 Å². The second-order valence-electron chi connectivity index (χ2n) is 2.36. The van der Waals surface area contributed by atoms with E-state index in [1.165, 1.54) is 5.84 Å². The molecule has 0 bridgehead atoms. The fourth-order valence-corrected chi connectivity index (χ4v) is 0.998. The van der Waals surface area contributed by atoms with Crippen molar-refractivity contribution in [3.63, 3.8) is 0 Å². The molecule has 0 spiro atoms. The third kappa shape index (κ3) is 2.35. The van der Waals surface area contributed by atoms with E-state index in [1.54, 1.807) is 0 Å². The molecule has 0 saturated carbocycles. The second kappa shape index (κ2) is 4.28. The molecule has 3 heteroatoms. The molecule has 0 aromatic rings. The largest absolute Gasteiger partial charge is 0.372 e. The maximum absolute atomic E-state index is 4.27. The van der Waals surface area contributed by atoms with E-state index in [1.807, 2.05) is 0 Å². The fourth-order valence-electron chi connectivity index (χ4n) is 0.998. The average molecular weight is 141 g/mol. The maximum Gasteiger partial charge on any atom is 0.0977 e. The SMILES string of the molecule is CCNCCC1=NCCN1. The number of aliphatic imine (C=N–C) groups is 1. The molecule has 0 atom stereocenters. The molecule has 2 N–H and O–H groups in total. The summed E-state index contributed by atoms with van der Waals surface area (Å²) in [7, 11) is 0. The van der Waals surface area contributed by atoms with Gasteiger partial charge in [0.1, 0.15) is 0 Å². The molecule has 0 aromatic carbocycles. The van der Waals surface area contributed by atoms with Gasteiger partial charge >= 0.3 is 0 Å². The van der Waals surface area contributed by atoms with E-state index in [0.29, 0.717) is 0 Å². The molecule has 58 valence electrons. The predicted octanol–water partition coefficient (Wildman–Crippen LogP) is -0.0123. The molecule has 3 nitrogen and oxygen atoms in total. The molecule has 0 unspecified atom stereocenters. The summed E-state index contributed by atoms with van der Waals surface area (Å²) in [6.07, 6.45) is 1.05. The van der Waals surface area contributed by atoms with Gasteiger partial charge in [-0.3, -0.25) is 4.99 Å². The van der Waals surface area contributed by atoms with Crippen LogP contribution in [0.1, 0.15) is 13.3 Å². The van der Waals surface area contributed by atoms with Gasteiger partial charge in [0.25, 0.3) is 0 Å². The van der Waals surface area contributed by atoms with E-state index in [9.17, 15) is 0 Å². The summed E-state index contributed by atoms with van der Waals surface area (Å²) in [5.41, 5.74) is 0. The molecule has 1 rings (SSSR count). The topological polar surface area (TPSA) is 36.4 Å². The Labute approximate surface area is 61.9 Å². The predicted molar refractivity (Wildman–Crippen MR) is 43.5 cm³/mol. The summed E-state index contributed by atoms with van der Waals surface area (Å²) >= 11 is 0. The Kier molecular flexibility index (Phi) is 3.22. The molecule has 0 radical (unpaired) electrons. The summed E-state index contributed by atoms with van der Waals surface area (Å²) in [5.74, 6) is 1.17. The van der Waals surface area contributed by atoms with Crippen LogP contribution < -0.4 is 10.6 Å². The van der Waals surface area contributed by atoms with Crippen molar-refractivity contribution in [1.82, 2.24) is 10.6 Å². The monoisotopic (exact) mass is 141 g/mol. The zero-order valence-electron chi connectivity index (χ0n) is 6.48. The first kappa shape index (κ1) is 7.54. The normalized spacial score (nSPS) is 16.7. The van der Waals surface area contributed by atoms with E-state index in [2.05, 4.69) is 22.5 Å².